The molecular formula is C21H18ClNO6. The van der Waals surface area contributed by atoms with Crippen LogP contribution in [0.25, 0.3) is 22.2 Å². The van der Waals surface area contributed by atoms with Crippen molar-refractivity contribution in [2.75, 3.05) is 13.2 Å². The summed E-state index contributed by atoms with van der Waals surface area (Å²) < 4.78 is 15.4. The van der Waals surface area contributed by atoms with Gasteiger partial charge in [-0.2, -0.15) is 0 Å². The number of carbonyl (C=O) groups is 2. The molecule has 0 saturated carbocycles. The van der Waals surface area contributed by atoms with Crippen molar-refractivity contribution in [1.29, 1.82) is 0 Å². The van der Waals surface area contributed by atoms with Gasteiger partial charge in [0, 0.05) is 10.4 Å². The van der Waals surface area contributed by atoms with Crippen molar-refractivity contribution in [2.45, 2.75) is 20.8 Å². The number of aryl methyl sites for hydroxylation is 1. The standard InChI is InChI=1S/C21H18ClNO6/c1-4-27-19(24)15-10-14-11(3)16(12-6-8-13(22)9-7-12)20(25)29-18(14)23-17(15)21(26)28-5-2/h6-10H,4-5H2,1-3H3. The molecule has 0 N–H and O–H groups in total. The fourth-order valence-electron chi connectivity index (χ4n) is 2.94. The third-order valence-electron chi connectivity index (χ3n) is 4.26. The highest BCUT2D eigenvalue weighted by Gasteiger charge is 2.25. The predicted octanol–water partition coefficient (Wildman–Crippen LogP) is 4.17. The number of fused-ring (bicyclic) bond motifs is 1. The van der Waals surface area contributed by atoms with Crippen LogP contribution in [0, 0.1) is 6.92 Å². The molecule has 0 bridgehead atoms. The zero-order valence-corrected chi connectivity index (χ0v) is 16.8. The number of hydrogen-bond donors (Lipinski definition) is 0. The van der Waals surface area contributed by atoms with Crippen LogP contribution in [0.15, 0.2) is 39.5 Å². The SMILES string of the molecule is CCOC(=O)c1cc2c(C)c(-c3ccc(Cl)cc3)c(=O)oc2nc1C(=O)OCC. The van der Waals surface area contributed by atoms with E-state index in [9.17, 15) is 14.4 Å². The zero-order chi connectivity index (χ0) is 21.1. The number of benzene rings is 1. The molecule has 8 heteroatoms. The summed E-state index contributed by atoms with van der Waals surface area (Å²) in [5.41, 5.74) is 0.456. The molecule has 29 heavy (non-hydrogen) atoms. The van der Waals surface area contributed by atoms with Crippen LogP contribution in [0.3, 0.4) is 0 Å². The van der Waals surface area contributed by atoms with Gasteiger partial charge in [-0.25, -0.2) is 19.4 Å². The molecule has 2 heterocycles. The van der Waals surface area contributed by atoms with Crippen molar-refractivity contribution in [3.05, 3.63) is 62.6 Å². The molecule has 0 aliphatic rings. The highest BCUT2D eigenvalue weighted by Crippen LogP contribution is 2.28. The number of ether oxygens (including phenoxy) is 2. The van der Waals surface area contributed by atoms with Crippen LogP contribution in [0.1, 0.15) is 40.3 Å². The second-order valence-electron chi connectivity index (χ2n) is 6.07. The van der Waals surface area contributed by atoms with E-state index in [2.05, 4.69) is 4.98 Å². The van der Waals surface area contributed by atoms with Gasteiger partial charge in [-0.05, 0) is 50.1 Å². The van der Waals surface area contributed by atoms with Gasteiger partial charge in [-0.1, -0.05) is 23.7 Å². The Labute approximate surface area is 171 Å². The Bertz CT molecular complexity index is 1150. The number of rotatable bonds is 5. The van der Waals surface area contributed by atoms with E-state index in [-0.39, 0.29) is 30.2 Å². The molecule has 1 aromatic carbocycles. The van der Waals surface area contributed by atoms with Crippen LogP contribution >= 0.6 is 11.6 Å². The monoisotopic (exact) mass is 415 g/mol. The van der Waals surface area contributed by atoms with E-state index in [1.54, 1.807) is 45.0 Å². The van der Waals surface area contributed by atoms with Gasteiger partial charge >= 0.3 is 17.6 Å². The van der Waals surface area contributed by atoms with E-state index in [1.165, 1.54) is 6.07 Å². The van der Waals surface area contributed by atoms with E-state index < -0.39 is 17.6 Å². The largest absolute Gasteiger partial charge is 0.462 e. The maximum Gasteiger partial charge on any atom is 0.357 e. The molecule has 0 aliphatic carbocycles. The van der Waals surface area contributed by atoms with Crippen LogP contribution in [-0.4, -0.2) is 30.1 Å². The second kappa shape index (κ2) is 8.45. The molecule has 7 nitrogen and oxygen atoms in total. The number of hydrogen-bond acceptors (Lipinski definition) is 7. The smallest absolute Gasteiger partial charge is 0.357 e. The molecule has 3 aromatic rings. The van der Waals surface area contributed by atoms with Crippen LogP contribution < -0.4 is 5.63 Å². The van der Waals surface area contributed by atoms with Crippen molar-refractivity contribution in [1.82, 2.24) is 4.98 Å². The normalized spacial score (nSPS) is 10.8. The van der Waals surface area contributed by atoms with Gasteiger partial charge in [0.1, 0.15) is 0 Å². The van der Waals surface area contributed by atoms with Crippen molar-refractivity contribution < 1.29 is 23.5 Å². The van der Waals surface area contributed by atoms with Gasteiger partial charge in [0.05, 0.1) is 24.3 Å². The lowest BCUT2D eigenvalue weighted by Gasteiger charge is -2.12. The van der Waals surface area contributed by atoms with Crippen LogP contribution in [0.5, 0.6) is 0 Å². The molecule has 2 aromatic heterocycles. The summed E-state index contributed by atoms with van der Waals surface area (Å²) >= 11 is 5.93. The molecule has 0 saturated heterocycles. The highest BCUT2D eigenvalue weighted by molar-refractivity contribution is 6.30. The van der Waals surface area contributed by atoms with Gasteiger partial charge in [0.25, 0.3) is 0 Å². The lowest BCUT2D eigenvalue weighted by atomic mass is 9.99. The minimum atomic E-state index is -0.806. The minimum Gasteiger partial charge on any atom is -0.462 e. The van der Waals surface area contributed by atoms with Gasteiger partial charge in [-0.3, -0.25) is 0 Å². The maximum atomic E-state index is 12.6. The van der Waals surface area contributed by atoms with E-state index in [4.69, 9.17) is 25.5 Å². The molecule has 0 amide bonds. The average Bonchev–Trinajstić information content (AvgIpc) is 2.69. The number of halogens is 1. The van der Waals surface area contributed by atoms with E-state index >= 15 is 0 Å². The highest BCUT2D eigenvalue weighted by atomic mass is 35.5. The summed E-state index contributed by atoms with van der Waals surface area (Å²) in [5, 5.41) is 0.938. The van der Waals surface area contributed by atoms with Crippen molar-refractivity contribution >= 4 is 34.6 Å². The Hall–Kier alpha value is -3.19. The molecule has 0 radical (unpaired) electrons. The van der Waals surface area contributed by atoms with Crippen molar-refractivity contribution in [2.24, 2.45) is 0 Å². The first-order valence-corrected chi connectivity index (χ1v) is 9.33. The quantitative estimate of drug-likeness (QED) is 0.577. The zero-order valence-electron chi connectivity index (χ0n) is 16.1. The number of carbonyl (C=O) groups excluding carboxylic acids is 2. The summed E-state index contributed by atoms with van der Waals surface area (Å²) in [6, 6.07) is 8.14. The van der Waals surface area contributed by atoms with Gasteiger partial charge < -0.3 is 13.9 Å². The summed E-state index contributed by atoms with van der Waals surface area (Å²) in [6.07, 6.45) is 0. The van der Waals surface area contributed by atoms with E-state index in [0.29, 0.717) is 27.1 Å². The second-order valence-corrected chi connectivity index (χ2v) is 6.51. The maximum absolute atomic E-state index is 12.6. The summed E-state index contributed by atoms with van der Waals surface area (Å²) in [6.45, 7) is 5.21. The Kier molecular flexibility index (Phi) is 5.98. The summed E-state index contributed by atoms with van der Waals surface area (Å²) in [7, 11) is 0. The lowest BCUT2D eigenvalue weighted by Crippen LogP contribution is -2.17. The average molecular weight is 416 g/mol. The molecule has 0 spiro atoms. The number of aromatic nitrogens is 1. The number of pyridine rings is 1. The van der Waals surface area contributed by atoms with Gasteiger partial charge in [-0.15, -0.1) is 0 Å². The molecule has 0 aliphatic heterocycles. The molecule has 0 atom stereocenters. The molecular weight excluding hydrogens is 398 g/mol. The van der Waals surface area contributed by atoms with Crippen LogP contribution in [0.2, 0.25) is 5.02 Å². The molecule has 3 rings (SSSR count). The first-order valence-electron chi connectivity index (χ1n) is 8.96. The summed E-state index contributed by atoms with van der Waals surface area (Å²) in [4.78, 5) is 41.4. The molecule has 150 valence electrons. The van der Waals surface area contributed by atoms with Gasteiger partial charge in [0.2, 0.25) is 5.71 Å². The minimum absolute atomic E-state index is 0.0585. The van der Waals surface area contributed by atoms with E-state index in [0.717, 1.165) is 0 Å². The van der Waals surface area contributed by atoms with Gasteiger partial charge in [0.15, 0.2) is 5.69 Å². The Morgan fingerprint density at radius 1 is 1.07 bits per heavy atom. The van der Waals surface area contributed by atoms with Crippen molar-refractivity contribution in [3.8, 4) is 11.1 Å². The van der Waals surface area contributed by atoms with Crippen molar-refractivity contribution in [3.63, 3.8) is 0 Å². The van der Waals surface area contributed by atoms with E-state index in [1.807, 2.05) is 0 Å². The number of nitrogens with zero attached hydrogens (tertiary/aromatic N) is 1. The Morgan fingerprint density at radius 2 is 1.69 bits per heavy atom. The summed E-state index contributed by atoms with van der Waals surface area (Å²) in [5.74, 6) is -1.52. The lowest BCUT2D eigenvalue weighted by molar-refractivity contribution is 0.0473. The first-order chi connectivity index (χ1) is 13.9. The third-order valence-corrected chi connectivity index (χ3v) is 4.51. The fourth-order valence-corrected chi connectivity index (χ4v) is 3.07. The van der Waals surface area contributed by atoms with Crippen LogP contribution in [0.4, 0.5) is 0 Å². The number of esters is 2. The van der Waals surface area contributed by atoms with Crippen LogP contribution in [-0.2, 0) is 9.47 Å². The first kappa shape index (κ1) is 20.5. The fraction of sp³-hybridized carbons (Fsp3) is 0.238. The topological polar surface area (TPSA) is 95.7 Å². The molecule has 0 fully saturated rings. The molecule has 0 unspecified atom stereocenters. The Morgan fingerprint density at radius 3 is 2.31 bits per heavy atom. The predicted molar refractivity (Wildman–Crippen MR) is 107 cm³/mol. The third kappa shape index (κ3) is 4.00. The Balaban J connectivity index is 2.29.